The zero-order valence-electron chi connectivity index (χ0n) is 25.3. The van der Waals surface area contributed by atoms with E-state index >= 15 is 0 Å². The van der Waals surface area contributed by atoms with E-state index in [2.05, 4.69) is 31.2 Å². The van der Waals surface area contributed by atoms with Gasteiger partial charge in [-0.3, -0.25) is 0 Å². The highest BCUT2D eigenvalue weighted by Crippen LogP contribution is 2.45. The Bertz CT molecular complexity index is 1100. The molecular weight excluding hydrogens is 514 g/mol. The van der Waals surface area contributed by atoms with Crippen LogP contribution in [0.5, 0.6) is 5.75 Å². The summed E-state index contributed by atoms with van der Waals surface area (Å²) in [5.41, 5.74) is 2.34. The Morgan fingerprint density at radius 2 is 1.49 bits per heavy atom. The Kier molecular flexibility index (Phi) is 10.9. The Hall–Kier alpha value is -2.20. The van der Waals surface area contributed by atoms with Crippen molar-refractivity contribution in [1.29, 1.82) is 0 Å². The molecule has 0 N–H and O–H groups in total. The zero-order valence-corrected chi connectivity index (χ0v) is 25.3. The third-order valence-electron chi connectivity index (χ3n) is 10.4. The van der Waals surface area contributed by atoms with Crippen molar-refractivity contribution >= 4 is 0 Å². The summed E-state index contributed by atoms with van der Waals surface area (Å²) in [7, 11) is 0. The molecule has 0 amide bonds. The fourth-order valence-corrected chi connectivity index (χ4v) is 7.85. The minimum atomic E-state index is -0.900. The van der Waals surface area contributed by atoms with Crippen LogP contribution in [0.3, 0.4) is 0 Å². The van der Waals surface area contributed by atoms with Gasteiger partial charge in [-0.1, -0.05) is 43.3 Å². The van der Waals surface area contributed by atoms with Crippen LogP contribution in [0.25, 0.3) is 11.1 Å². The van der Waals surface area contributed by atoms with Crippen molar-refractivity contribution in [2.75, 3.05) is 13.2 Å². The van der Waals surface area contributed by atoms with Crippen molar-refractivity contribution in [2.45, 2.75) is 109 Å². The van der Waals surface area contributed by atoms with E-state index in [0.29, 0.717) is 29.8 Å². The number of hydrogen-bond donors (Lipinski definition) is 0. The van der Waals surface area contributed by atoms with E-state index < -0.39 is 11.6 Å². The molecule has 3 fully saturated rings. The molecule has 2 atom stereocenters. The van der Waals surface area contributed by atoms with Gasteiger partial charge >= 0.3 is 0 Å². The number of allylic oxidation sites excluding steroid dienone is 2. The van der Waals surface area contributed by atoms with Gasteiger partial charge in [-0.15, -0.1) is 0 Å². The standard InChI is InChI=1S/C37H50F2O2/c1-3-5-6-7-26-8-22-34(41-25-26)32-19-15-30(16-20-32)28-11-9-27(10-12-28)29-13-17-31(18-14-29)33-21-23-35(40-24-4-2)37(39)36(33)38/h3,5,13-14,17-18,21,23,26-28,30,32,34H,4,6-12,15-16,19-20,22,24-25H2,1-2H3. The van der Waals surface area contributed by atoms with Crippen molar-refractivity contribution in [3.05, 3.63) is 65.7 Å². The Balaban J connectivity index is 1.06. The largest absolute Gasteiger partial charge is 0.490 e. The predicted molar refractivity (Wildman–Crippen MR) is 164 cm³/mol. The molecule has 2 nitrogen and oxygen atoms in total. The van der Waals surface area contributed by atoms with Crippen LogP contribution in [-0.4, -0.2) is 19.3 Å². The normalized spacial score (nSPS) is 29.1. The molecule has 4 heteroatoms. The van der Waals surface area contributed by atoms with Crippen molar-refractivity contribution in [3.8, 4) is 16.9 Å². The van der Waals surface area contributed by atoms with Crippen molar-refractivity contribution in [3.63, 3.8) is 0 Å². The highest BCUT2D eigenvalue weighted by atomic mass is 19.2. The van der Waals surface area contributed by atoms with E-state index in [0.717, 1.165) is 36.7 Å². The highest BCUT2D eigenvalue weighted by molar-refractivity contribution is 5.65. The van der Waals surface area contributed by atoms with Crippen LogP contribution in [0.4, 0.5) is 8.78 Å². The monoisotopic (exact) mass is 564 g/mol. The molecule has 2 aromatic rings. The van der Waals surface area contributed by atoms with E-state index in [9.17, 15) is 8.78 Å². The first-order valence-electron chi connectivity index (χ1n) is 16.5. The van der Waals surface area contributed by atoms with Gasteiger partial charge in [-0.05, 0) is 143 Å². The van der Waals surface area contributed by atoms with Gasteiger partial charge in [0.2, 0.25) is 5.82 Å². The van der Waals surface area contributed by atoms with Gasteiger partial charge < -0.3 is 9.47 Å². The van der Waals surface area contributed by atoms with Gasteiger partial charge in [-0.25, -0.2) is 4.39 Å². The summed E-state index contributed by atoms with van der Waals surface area (Å²) in [4.78, 5) is 0. The van der Waals surface area contributed by atoms with Crippen molar-refractivity contribution < 1.29 is 18.3 Å². The summed E-state index contributed by atoms with van der Waals surface area (Å²) < 4.78 is 41.0. The average Bonchev–Trinajstić information content (AvgIpc) is 3.03. The molecule has 1 aliphatic heterocycles. The van der Waals surface area contributed by atoms with Gasteiger partial charge in [0, 0.05) is 12.2 Å². The van der Waals surface area contributed by atoms with E-state index in [1.54, 1.807) is 6.07 Å². The van der Waals surface area contributed by atoms with Gasteiger partial charge in [0.1, 0.15) is 0 Å². The van der Waals surface area contributed by atoms with Gasteiger partial charge in [0.25, 0.3) is 0 Å². The molecule has 2 aromatic carbocycles. The van der Waals surface area contributed by atoms with E-state index in [4.69, 9.17) is 9.47 Å². The lowest BCUT2D eigenvalue weighted by molar-refractivity contribution is -0.0614. The lowest BCUT2D eigenvalue weighted by atomic mass is 9.67. The van der Waals surface area contributed by atoms with Crippen LogP contribution in [0, 0.1) is 35.3 Å². The van der Waals surface area contributed by atoms with Crippen molar-refractivity contribution in [1.82, 2.24) is 0 Å². The molecule has 2 saturated carbocycles. The summed E-state index contributed by atoms with van der Waals surface area (Å²) >= 11 is 0. The molecule has 2 unspecified atom stereocenters. The Morgan fingerprint density at radius 1 is 0.805 bits per heavy atom. The first-order valence-corrected chi connectivity index (χ1v) is 16.5. The second-order valence-corrected chi connectivity index (χ2v) is 13.0. The van der Waals surface area contributed by atoms with Crippen LogP contribution >= 0.6 is 0 Å². The number of ether oxygens (including phenoxy) is 2. The zero-order chi connectivity index (χ0) is 28.6. The molecule has 3 aliphatic rings. The first kappa shape index (κ1) is 30.3. The fraction of sp³-hybridized carbons (Fsp3) is 0.622. The molecule has 5 rings (SSSR count). The SMILES string of the molecule is CC=CCCC1CCC(C2CCC(C3CCC(c4ccc(-c5ccc(OCCC)c(F)c5F)cc4)CC3)CC2)OC1. The van der Waals surface area contributed by atoms with Crippen LogP contribution < -0.4 is 4.74 Å². The molecule has 224 valence electrons. The van der Waals surface area contributed by atoms with Gasteiger partial charge in [0.05, 0.1) is 12.7 Å². The van der Waals surface area contributed by atoms with E-state index in [1.807, 2.05) is 19.1 Å². The molecular formula is C37H50F2O2. The molecule has 41 heavy (non-hydrogen) atoms. The summed E-state index contributed by atoms with van der Waals surface area (Å²) in [5.74, 6) is 2.10. The third kappa shape index (κ3) is 7.61. The summed E-state index contributed by atoms with van der Waals surface area (Å²) in [6.45, 7) is 5.40. The molecule has 1 heterocycles. The Morgan fingerprint density at radius 3 is 2.12 bits per heavy atom. The maximum Gasteiger partial charge on any atom is 0.201 e. The average molecular weight is 565 g/mol. The summed E-state index contributed by atoms with van der Waals surface area (Å²) in [6, 6.07) is 11.3. The van der Waals surface area contributed by atoms with Crippen LogP contribution in [0.1, 0.15) is 109 Å². The molecule has 0 radical (unpaired) electrons. The van der Waals surface area contributed by atoms with Crippen LogP contribution in [0.15, 0.2) is 48.6 Å². The fourth-order valence-electron chi connectivity index (χ4n) is 7.85. The third-order valence-corrected chi connectivity index (χ3v) is 10.4. The highest BCUT2D eigenvalue weighted by Gasteiger charge is 2.35. The number of hydrogen-bond acceptors (Lipinski definition) is 2. The topological polar surface area (TPSA) is 18.5 Å². The van der Waals surface area contributed by atoms with Crippen LogP contribution in [0.2, 0.25) is 0 Å². The van der Waals surface area contributed by atoms with E-state index in [-0.39, 0.29) is 5.75 Å². The summed E-state index contributed by atoms with van der Waals surface area (Å²) in [6.07, 6.45) is 21.3. The lowest BCUT2D eigenvalue weighted by Crippen LogP contribution is -2.35. The number of benzene rings is 2. The first-order chi connectivity index (χ1) is 20.1. The Labute approximate surface area is 246 Å². The maximum atomic E-state index is 14.8. The van der Waals surface area contributed by atoms with Crippen LogP contribution in [-0.2, 0) is 4.74 Å². The molecule has 2 aliphatic carbocycles. The van der Waals surface area contributed by atoms with Crippen molar-refractivity contribution in [2.24, 2.45) is 23.7 Å². The number of rotatable bonds is 10. The van der Waals surface area contributed by atoms with E-state index in [1.165, 1.54) is 88.7 Å². The minimum Gasteiger partial charge on any atom is -0.490 e. The van der Waals surface area contributed by atoms with Gasteiger partial charge in [0.15, 0.2) is 11.6 Å². The lowest BCUT2D eigenvalue weighted by Gasteiger charge is -2.41. The molecule has 0 spiro atoms. The number of halogens is 2. The molecule has 0 aromatic heterocycles. The second-order valence-electron chi connectivity index (χ2n) is 13.0. The minimum absolute atomic E-state index is 0.0124. The second kappa shape index (κ2) is 14.8. The maximum absolute atomic E-state index is 14.8. The molecule has 0 bridgehead atoms. The molecule has 1 saturated heterocycles. The quantitative estimate of drug-likeness (QED) is 0.267. The smallest absolute Gasteiger partial charge is 0.201 e. The predicted octanol–water partition coefficient (Wildman–Crippen LogP) is 10.7. The van der Waals surface area contributed by atoms with Gasteiger partial charge in [-0.2, -0.15) is 4.39 Å². The summed E-state index contributed by atoms with van der Waals surface area (Å²) in [5, 5.41) is 0.